The maximum Gasteiger partial charge on any atom is 0.323 e. The predicted molar refractivity (Wildman–Crippen MR) is 118 cm³/mol. The number of esters is 1. The average Bonchev–Trinajstić information content (AvgIpc) is 3.21. The summed E-state index contributed by atoms with van der Waals surface area (Å²) in [5.74, 6) is -0.877. The number of benzene rings is 2. The van der Waals surface area contributed by atoms with Gasteiger partial charge in [-0.3, -0.25) is 19.5 Å². The molecule has 32 heavy (non-hydrogen) atoms. The highest BCUT2D eigenvalue weighted by atomic mass is 19.1. The number of nitrogens with one attached hydrogen (secondary N) is 1. The van der Waals surface area contributed by atoms with Crippen LogP contribution < -0.4 is 5.32 Å². The largest absolute Gasteiger partial charge is 0.468 e. The minimum absolute atomic E-state index is 0.203. The Kier molecular flexibility index (Phi) is 6.56. The highest BCUT2D eigenvalue weighted by Crippen LogP contribution is 2.24. The van der Waals surface area contributed by atoms with Crippen molar-refractivity contribution in [2.75, 3.05) is 13.7 Å². The van der Waals surface area contributed by atoms with Crippen LogP contribution in [0.1, 0.15) is 22.3 Å². The molecular weight excluding hydrogens is 409 g/mol. The minimum Gasteiger partial charge on any atom is -0.468 e. The number of amides is 1. The zero-order valence-corrected chi connectivity index (χ0v) is 17.7. The molecule has 6 nitrogen and oxygen atoms in total. The standard InChI is InChI=1S/C25H24FN3O3/c1-32-25(31)23-14-22(16-29(23)15-17-8-10-27-11-9-17)28-24(30)20-6-2-4-18(12-20)19-5-3-7-21(26)13-19/h2-13,22-23H,14-16H2,1H3,(H,28,30)/t22-,23-/m0/s1. The van der Waals surface area contributed by atoms with E-state index in [2.05, 4.69) is 10.3 Å². The summed E-state index contributed by atoms with van der Waals surface area (Å²) in [6, 6.07) is 16.5. The Labute approximate surface area is 186 Å². The summed E-state index contributed by atoms with van der Waals surface area (Å²) >= 11 is 0. The predicted octanol–water partition coefficient (Wildman–Crippen LogP) is 3.43. The molecule has 0 spiro atoms. The van der Waals surface area contributed by atoms with E-state index in [0.717, 1.165) is 11.1 Å². The van der Waals surface area contributed by atoms with Crippen molar-refractivity contribution >= 4 is 11.9 Å². The SMILES string of the molecule is COC(=O)[C@@H]1C[C@H](NC(=O)c2cccc(-c3cccc(F)c3)c2)CN1Cc1ccncc1. The normalized spacial score (nSPS) is 18.3. The number of nitrogens with zero attached hydrogens (tertiary/aromatic N) is 2. The summed E-state index contributed by atoms with van der Waals surface area (Å²) in [5.41, 5.74) is 2.97. The van der Waals surface area contributed by atoms with Crippen molar-refractivity contribution in [1.29, 1.82) is 0 Å². The van der Waals surface area contributed by atoms with Gasteiger partial charge in [-0.25, -0.2) is 4.39 Å². The lowest BCUT2D eigenvalue weighted by atomic mass is 10.0. The van der Waals surface area contributed by atoms with Crippen LogP contribution in [0.4, 0.5) is 4.39 Å². The first-order chi connectivity index (χ1) is 15.5. The summed E-state index contributed by atoms with van der Waals surface area (Å²) in [5, 5.41) is 3.04. The van der Waals surface area contributed by atoms with E-state index < -0.39 is 6.04 Å². The Hall–Kier alpha value is -3.58. The van der Waals surface area contributed by atoms with Crippen molar-refractivity contribution in [2.24, 2.45) is 0 Å². The molecule has 1 aliphatic heterocycles. The number of ether oxygens (including phenoxy) is 1. The molecule has 2 heterocycles. The maximum atomic E-state index is 13.6. The van der Waals surface area contributed by atoms with Crippen LogP contribution in [0.2, 0.25) is 0 Å². The monoisotopic (exact) mass is 433 g/mol. The van der Waals surface area contributed by atoms with Crippen LogP contribution in [-0.2, 0) is 16.1 Å². The van der Waals surface area contributed by atoms with Gasteiger partial charge in [0.25, 0.3) is 5.91 Å². The maximum absolute atomic E-state index is 13.6. The van der Waals surface area contributed by atoms with Crippen LogP contribution >= 0.6 is 0 Å². The lowest BCUT2D eigenvalue weighted by molar-refractivity contribution is -0.146. The molecule has 1 aromatic heterocycles. The second kappa shape index (κ2) is 9.70. The number of hydrogen-bond acceptors (Lipinski definition) is 5. The van der Waals surface area contributed by atoms with Gasteiger partial charge >= 0.3 is 5.97 Å². The van der Waals surface area contributed by atoms with Crippen LogP contribution in [-0.4, -0.2) is 47.5 Å². The second-order valence-corrected chi connectivity index (χ2v) is 7.82. The van der Waals surface area contributed by atoms with E-state index in [1.165, 1.54) is 19.2 Å². The van der Waals surface area contributed by atoms with Gasteiger partial charge in [0.2, 0.25) is 0 Å². The van der Waals surface area contributed by atoms with Gasteiger partial charge in [-0.15, -0.1) is 0 Å². The molecule has 1 amide bonds. The zero-order chi connectivity index (χ0) is 22.5. The van der Waals surface area contributed by atoms with Crippen molar-refractivity contribution < 1.29 is 18.7 Å². The number of pyridine rings is 1. The molecule has 0 saturated carbocycles. The fourth-order valence-corrected chi connectivity index (χ4v) is 4.06. The van der Waals surface area contributed by atoms with Crippen LogP contribution in [0.5, 0.6) is 0 Å². The Morgan fingerprint density at radius 1 is 1.09 bits per heavy atom. The van der Waals surface area contributed by atoms with Gasteiger partial charge in [0, 0.05) is 37.1 Å². The summed E-state index contributed by atoms with van der Waals surface area (Å²) < 4.78 is 18.6. The van der Waals surface area contributed by atoms with E-state index in [4.69, 9.17) is 4.74 Å². The molecule has 3 aromatic rings. The summed E-state index contributed by atoms with van der Waals surface area (Å²) in [7, 11) is 1.37. The summed E-state index contributed by atoms with van der Waals surface area (Å²) in [6.45, 7) is 1.08. The molecule has 7 heteroatoms. The molecule has 1 N–H and O–H groups in total. The van der Waals surface area contributed by atoms with E-state index in [0.29, 0.717) is 30.6 Å². The minimum atomic E-state index is -0.433. The number of rotatable bonds is 6. The van der Waals surface area contributed by atoms with Crippen LogP contribution in [0.25, 0.3) is 11.1 Å². The number of methoxy groups -OCH3 is 1. The van der Waals surface area contributed by atoms with Crippen LogP contribution in [0.15, 0.2) is 73.1 Å². The Balaban J connectivity index is 1.47. The highest BCUT2D eigenvalue weighted by Gasteiger charge is 2.38. The molecule has 1 saturated heterocycles. The van der Waals surface area contributed by atoms with Gasteiger partial charge in [-0.2, -0.15) is 0 Å². The molecule has 2 atom stereocenters. The van der Waals surface area contributed by atoms with Crippen molar-refractivity contribution in [3.63, 3.8) is 0 Å². The van der Waals surface area contributed by atoms with Gasteiger partial charge in [-0.1, -0.05) is 24.3 Å². The molecule has 0 bridgehead atoms. The van der Waals surface area contributed by atoms with Crippen molar-refractivity contribution in [3.05, 3.63) is 90.0 Å². The smallest absolute Gasteiger partial charge is 0.323 e. The molecule has 1 aliphatic rings. The van der Waals surface area contributed by atoms with Crippen molar-refractivity contribution in [1.82, 2.24) is 15.2 Å². The van der Waals surface area contributed by atoms with E-state index in [1.807, 2.05) is 23.1 Å². The first-order valence-electron chi connectivity index (χ1n) is 10.4. The van der Waals surface area contributed by atoms with Crippen molar-refractivity contribution in [3.8, 4) is 11.1 Å². The third-order valence-corrected chi connectivity index (χ3v) is 5.63. The van der Waals surface area contributed by atoms with Crippen LogP contribution in [0.3, 0.4) is 0 Å². The molecule has 2 aromatic carbocycles. The Bertz CT molecular complexity index is 1110. The van der Waals surface area contributed by atoms with Gasteiger partial charge in [0.1, 0.15) is 11.9 Å². The number of aromatic nitrogens is 1. The third-order valence-electron chi connectivity index (χ3n) is 5.63. The average molecular weight is 433 g/mol. The third kappa shape index (κ3) is 5.00. The van der Waals surface area contributed by atoms with E-state index in [1.54, 1.807) is 42.7 Å². The molecule has 4 rings (SSSR count). The number of carbonyl (C=O) groups excluding carboxylic acids is 2. The molecular formula is C25H24FN3O3. The second-order valence-electron chi connectivity index (χ2n) is 7.82. The van der Waals surface area contributed by atoms with Crippen molar-refractivity contribution in [2.45, 2.75) is 25.0 Å². The summed E-state index contributed by atoms with van der Waals surface area (Å²) in [6.07, 6.45) is 3.89. The highest BCUT2D eigenvalue weighted by molar-refractivity contribution is 5.95. The topological polar surface area (TPSA) is 71.5 Å². The van der Waals surface area contributed by atoms with Gasteiger partial charge in [0.15, 0.2) is 0 Å². The van der Waals surface area contributed by atoms with Gasteiger partial charge in [-0.05, 0) is 59.5 Å². The van der Waals surface area contributed by atoms with E-state index in [9.17, 15) is 14.0 Å². The fraction of sp³-hybridized carbons (Fsp3) is 0.240. The van der Waals surface area contributed by atoms with E-state index >= 15 is 0 Å². The fourth-order valence-electron chi connectivity index (χ4n) is 4.06. The number of hydrogen-bond donors (Lipinski definition) is 1. The molecule has 0 unspecified atom stereocenters. The first kappa shape index (κ1) is 21.6. The molecule has 164 valence electrons. The summed E-state index contributed by atoms with van der Waals surface area (Å²) in [4.78, 5) is 31.3. The number of likely N-dealkylation sites (tertiary alicyclic amines) is 1. The van der Waals surface area contributed by atoms with Crippen LogP contribution in [0, 0.1) is 5.82 Å². The lowest BCUT2D eigenvalue weighted by Crippen LogP contribution is -2.37. The quantitative estimate of drug-likeness (QED) is 0.603. The van der Waals surface area contributed by atoms with E-state index in [-0.39, 0.29) is 23.7 Å². The Morgan fingerprint density at radius 2 is 1.81 bits per heavy atom. The van der Waals surface area contributed by atoms with Gasteiger partial charge < -0.3 is 10.1 Å². The molecule has 0 radical (unpaired) electrons. The van der Waals surface area contributed by atoms with Gasteiger partial charge in [0.05, 0.1) is 7.11 Å². The Morgan fingerprint density at radius 3 is 2.53 bits per heavy atom. The zero-order valence-electron chi connectivity index (χ0n) is 17.7. The molecule has 1 fully saturated rings. The number of carbonyl (C=O) groups is 2. The molecule has 0 aliphatic carbocycles. The lowest BCUT2D eigenvalue weighted by Gasteiger charge is -2.22. The first-order valence-corrected chi connectivity index (χ1v) is 10.4. The number of halogens is 1.